The van der Waals surface area contributed by atoms with Gasteiger partial charge in [-0.05, 0) is 23.8 Å². The molecule has 118 valence electrons. The Kier molecular flexibility index (Phi) is 4.22. The highest BCUT2D eigenvalue weighted by atomic mass is 35.5. The van der Waals surface area contributed by atoms with Crippen LogP contribution in [0.5, 0.6) is 0 Å². The van der Waals surface area contributed by atoms with Crippen molar-refractivity contribution < 1.29 is 14.3 Å². The third-order valence-corrected chi connectivity index (χ3v) is 3.61. The number of rotatable bonds is 4. The maximum atomic E-state index is 13.5. The monoisotopic (exact) mass is 334 g/mol. The number of nitrogens with one attached hydrogen (secondary N) is 1. The van der Waals surface area contributed by atoms with E-state index in [0.717, 1.165) is 0 Å². The van der Waals surface area contributed by atoms with E-state index < -0.39 is 24.4 Å². The Bertz CT molecular complexity index is 835. The van der Waals surface area contributed by atoms with Gasteiger partial charge in [-0.2, -0.15) is 0 Å². The molecule has 0 aliphatic rings. The lowest BCUT2D eigenvalue weighted by Crippen LogP contribution is -2.31. The number of nitrogens with zero attached hydrogens (tertiary/aromatic N) is 3. The SMILES string of the molecule is O=C(NC(CO)c1ccc(Cl)c(F)c1)c1cn2cccnc2n1. The topological polar surface area (TPSA) is 79.5 Å². The molecule has 2 aromatic heterocycles. The number of hydrogen-bond acceptors (Lipinski definition) is 4. The third kappa shape index (κ3) is 3.15. The molecule has 0 bridgehead atoms. The van der Waals surface area contributed by atoms with Gasteiger partial charge in [-0.15, -0.1) is 0 Å². The molecule has 8 heteroatoms. The minimum absolute atomic E-state index is 0.0248. The van der Waals surface area contributed by atoms with Crippen molar-refractivity contribution in [3.63, 3.8) is 0 Å². The smallest absolute Gasteiger partial charge is 0.272 e. The normalized spacial score (nSPS) is 12.3. The molecule has 0 saturated carbocycles. The fourth-order valence-electron chi connectivity index (χ4n) is 2.14. The van der Waals surface area contributed by atoms with Gasteiger partial charge in [0.1, 0.15) is 11.5 Å². The molecule has 3 rings (SSSR count). The molecule has 23 heavy (non-hydrogen) atoms. The number of halogens is 2. The van der Waals surface area contributed by atoms with E-state index in [1.165, 1.54) is 24.4 Å². The van der Waals surface area contributed by atoms with Crippen molar-refractivity contribution in [2.24, 2.45) is 0 Å². The number of imidazole rings is 1. The number of hydrogen-bond donors (Lipinski definition) is 2. The summed E-state index contributed by atoms with van der Waals surface area (Å²) in [6.45, 7) is -0.390. The fraction of sp³-hybridized carbons (Fsp3) is 0.133. The van der Waals surface area contributed by atoms with Crippen LogP contribution in [0.3, 0.4) is 0 Å². The van der Waals surface area contributed by atoms with Crippen LogP contribution in [0, 0.1) is 5.82 Å². The second-order valence-electron chi connectivity index (χ2n) is 4.84. The van der Waals surface area contributed by atoms with Crippen LogP contribution in [0.4, 0.5) is 4.39 Å². The first kappa shape index (κ1) is 15.4. The summed E-state index contributed by atoms with van der Waals surface area (Å²) in [4.78, 5) is 20.4. The van der Waals surface area contributed by atoms with E-state index >= 15 is 0 Å². The van der Waals surface area contributed by atoms with Crippen molar-refractivity contribution in [2.45, 2.75) is 6.04 Å². The van der Waals surface area contributed by atoms with E-state index in [-0.39, 0.29) is 10.7 Å². The predicted molar refractivity (Wildman–Crippen MR) is 81.7 cm³/mol. The van der Waals surface area contributed by atoms with E-state index in [9.17, 15) is 14.3 Å². The van der Waals surface area contributed by atoms with Crippen LogP contribution in [0.2, 0.25) is 5.02 Å². The summed E-state index contributed by atoms with van der Waals surface area (Å²) in [5, 5.41) is 12.0. The van der Waals surface area contributed by atoms with Crippen LogP contribution in [0.1, 0.15) is 22.1 Å². The molecule has 1 atom stereocenters. The lowest BCUT2D eigenvalue weighted by atomic mass is 10.1. The fourth-order valence-corrected chi connectivity index (χ4v) is 2.25. The Labute approximate surface area is 135 Å². The van der Waals surface area contributed by atoms with Crippen molar-refractivity contribution in [3.05, 3.63) is 65.0 Å². The molecule has 6 nitrogen and oxygen atoms in total. The van der Waals surface area contributed by atoms with Crippen LogP contribution in [-0.2, 0) is 0 Å². The number of aliphatic hydroxyl groups excluding tert-OH is 1. The zero-order valence-electron chi connectivity index (χ0n) is 11.8. The van der Waals surface area contributed by atoms with Gasteiger partial charge in [0.15, 0.2) is 0 Å². The summed E-state index contributed by atoms with van der Waals surface area (Å²) in [6, 6.07) is 5.03. The Morgan fingerprint density at radius 2 is 2.30 bits per heavy atom. The first-order valence-electron chi connectivity index (χ1n) is 6.75. The van der Waals surface area contributed by atoms with Gasteiger partial charge in [-0.25, -0.2) is 14.4 Å². The van der Waals surface area contributed by atoms with Crippen molar-refractivity contribution in [2.75, 3.05) is 6.61 Å². The van der Waals surface area contributed by atoms with Crippen molar-refractivity contribution in [1.82, 2.24) is 19.7 Å². The van der Waals surface area contributed by atoms with Crippen molar-refractivity contribution in [1.29, 1.82) is 0 Å². The largest absolute Gasteiger partial charge is 0.394 e. The number of aliphatic hydroxyl groups is 1. The number of fused-ring (bicyclic) bond motifs is 1. The highest BCUT2D eigenvalue weighted by molar-refractivity contribution is 6.30. The van der Waals surface area contributed by atoms with E-state index in [1.807, 2.05) is 0 Å². The summed E-state index contributed by atoms with van der Waals surface area (Å²) >= 11 is 5.63. The van der Waals surface area contributed by atoms with E-state index in [1.54, 1.807) is 22.9 Å². The van der Waals surface area contributed by atoms with Crippen LogP contribution in [0.25, 0.3) is 5.78 Å². The summed E-state index contributed by atoms with van der Waals surface area (Å²) in [5.41, 5.74) is 0.557. The van der Waals surface area contributed by atoms with Gasteiger partial charge in [0.25, 0.3) is 5.91 Å². The molecule has 0 spiro atoms. The number of amides is 1. The summed E-state index contributed by atoms with van der Waals surface area (Å²) in [7, 11) is 0. The minimum atomic E-state index is -0.771. The molecule has 1 unspecified atom stereocenters. The summed E-state index contributed by atoms with van der Waals surface area (Å²) in [6.07, 6.45) is 4.80. The van der Waals surface area contributed by atoms with Crippen LogP contribution >= 0.6 is 11.6 Å². The van der Waals surface area contributed by atoms with Gasteiger partial charge < -0.3 is 10.4 Å². The Morgan fingerprint density at radius 3 is 3.00 bits per heavy atom. The van der Waals surface area contributed by atoms with Crippen LogP contribution < -0.4 is 5.32 Å². The molecule has 1 amide bonds. The molecule has 0 aliphatic heterocycles. The van der Waals surface area contributed by atoms with Crippen molar-refractivity contribution >= 4 is 23.3 Å². The molecule has 0 saturated heterocycles. The molecule has 3 aromatic rings. The number of carbonyl (C=O) groups is 1. The van der Waals surface area contributed by atoms with E-state index in [2.05, 4.69) is 15.3 Å². The highest BCUT2D eigenvalue weighted by Gasteiger charge is 2.18. The zero-order chi connectivity index (χ0) is 16.4. The molecule has 2 heterocycles. The van der Waals surface area contributed by atoms with Crippen LogP contribution in [0.15, 0.2) is 42.9 Å². The Morgan fingerprint density at radius 1 is 1.48 bits per heavy atom. The zero-order valence-corrected chi connectivity index (χ0v) is 12.5. The van der Waals surface area contributed by atoms with Crippen molar-refractivity contribution in [3.8, 4) is 0 Å². The molecule has 2 N–H and O–H groups in total. The first-order valence-corrected chi connectivity index (χ1v) is 7.12. The minimum Gasteiger partial charge on any atom is -0.394 e. The van der Waals surface area contributed by atoms with Gasteiger partial charge in [0.2, 0.25) is 5.78 Å². The standard InChI is InChI=1S/C15H12ClFN4O2/c16-10-3-2-9(6-11(10)17)13(8-22)19-14(23)12-7-21-5-1-4-18-15(21)20-12/h1-7,13,22H,8H2,(H,19,23). The van der Waals surface area contributed by atoms with Crippen LogP contribution in [-0.4, -0.2) is 32.0 Å². The van der Waals surface area contributed by atoms with Gasteiger partial charge in [0.05, 0.1) is 17.7 Å². The van der Waals surface area contributed by atoms with Gasteiger partial charge in [0, 0.05) is 18.6 Å². The average Bonchev–Trinajstić information content (AvgIpc) is 2.99. The molecule has 0 radical (unpaired) electrons. The Hall–Kier alpha value is -2.51. The average molecular weight is 335 g/mol. The number of carbonyl (C=O) groups excluding carboxylic acids is 1. The van der Waals surface area contributed by atoms with Gasteiger partial charge >= 0.3 is 0 Å². The van der Waals surface area contributed by atoms with E-state index in [0.29, 0.717) is 11.3 Å². The first-order chi connectivity index (χ1) is 11.1. The maximum Gasteiger partial charge on any atom is 0.272 e. The summed E-state index contributed by atoms with van der Waals surface area (Å²) < 4.78 is 15.1. The molecule has 0 fully saturated rings. The molecule has 1 aromatic carbocycles. The van der Waals surface area contributed by atoms with Gasteiger partial charge in [-0.1, -0.05) is 17.7 Å². The quantitative estimate of drug-likeness (QED) is 0.764. The number of benzene rings is 1. The number of aromatic nitrogens is 3. The lowest BCUT2D eigenvalue weighted by molar-refractivity contribution is 0.0911. The molecule has 0 aliphatic carbocycles. The van der Waals surface area contributed by atoms with Gasteiger partial charge in [-0.3, -0.25) is 9.20 Å². The van der Waals surface area contributed by atoms with E-state index in [4.69, 9.17) is 11.6 Å². The summed E-state index contributed by atoms with van der Waals surface area (Å²) in [5.74, 6) is -0.727. The predicted octanol–water partition coefficient (Wildman–Crippen LogP) is 1.99. The highest BCUT2D eigenvalue weighted by Crippen LogP contribution is 2.20. The second-order valence-corrected chi connectivity index (χ2v) is 5.24. The Balaban J connectivity index is 1.82. The molecular formula is C15H12ClFN4O2. The lowest BCUT2D eigenvalue weighted by Gasteiger charge is -2.16. The second kappa shape index (κ2) is 6.31. The maximum absolute atomic E-state index is 13.5. The third-order valence-electron chi connectivity index (χ3n) is 3.30. The molecular weight excluding hydrogens is 323 g/mol.